The molecular formula is C26H29N11OS. The van der Waals surface area contributed by atoms with Crippen molar-refractivity contribution >= 4 is 39.7 Å². The summed E-state index contributed by atoms with van der Waals surface area (Å²) in [7, 11) is 0. The Kier molecular flexibility index (Phi) is 6.99. The lowest BCUT2D eigenvalue weighted by molar-refractivity contribution is -0.116. The number of aromatic nitrogens is 8. The Labute approximate surface area is 229 Å². The predicted molar refractivity (Wildman–Crippen MR) is 149 cm³/mol. The van der Waals surface area contributed by atoms with Crippen molar-refractivity contribution < 1.29 is 4.79 Å². The smallest absolute Gasteiger partial charge is 0.247 e. The summed E-state index contributed by atoms with van der Waals surface area (Å²) >= 11 is 1.44. The van der Waals surface area contributed by atoms with Gasteiger partial charge in [0.1, 0.15) is 23.7 Å². The van der Waals surface area contributed by atoms with Crippen molar-refractivity contribution in [1.82, 2.24) is 43.4 Å². The van der Waals surface area contributed by atoms with E-state index in [1.54, 1.807) is 29.3 Å². The first-order valence-corrected chi connectivity index (χ1v) is 13.7. The number of carbonyl (C=O) groups is 1. The van der Waals surface area contributed by atoms with E-state index >= 15 is 0 Å². The molecule has 1 aliphatic rings. The van der Waals surface area contributed by atoms with Crippen LogP contribution in [-0.2, 0) is 17.9 Å². The molecule has 0 radical (unpaired) electrons. The lowest BCUT2D eigenvalue weighted by atomic mass is 10.0. The zero-order valence-electron chi connectivity index (χ0n) is 21.8. The van der Waals surface area contributed by atoms with Crippen LogP contribution in [0.25, 0.3) is 16.9 Å². The Morgan fingerprint density at radius 3 is 3.00 bits per heavy atom. The number of carbonyl (C=O) groups excluding carboxylic acids is 1. The molecular weight excluding hydrogens is 514 g/mol. The number of nitrogens with one attached hydrogen (secondary N) is 2. The van der Waals surface area contributed by atoms with Crippen molar-refractivity contribution in [3.05, 3.63) is 60.8 Å². The molecule has 1 aliphatic heterocycles. The molecule has 5 aromatic heterocycles. The maximum atomic E-state index is 12.4. The summed E-state index contributed by atoms with van der Waals surface area (Å²) in [5.41, 5.74) is 4.30. The molecule has 1 amide bonds. The van der Waals surface area contributed by atoms with E-state index in [1.165, 1.54) is 30.7 Å². The monoisotopic (exact) mass is 543 g/mol. The number of rotatable bonds is 8. The molecule has 0 saturated carbocycles. The molecule has 6 heterocycles. The molecule has 2 N–H and O–H groups in total. The maximum Gasteiger partial charge on any atom is 0.247 e. The lowest BCUT2D eigenvalue weighted by Crippen LogP contribution is -2.33. The molecule has 39 heavy (non-hydrogen) atoms. The van der Waals surface area contributed by atoms with Gasteiger partial charge in [-0.2, -0.15) is 9.47 Å². The molecule has 13 heteroatoms. The Morgan fingerprint density at radius 1 is 1.23 bits per heavy atom. The molecule has 12 nitrogen and oxygen atoms in total. The molecule has 200 valence electrons. The van der Waals surface area contributed by atoms with Gasteiger partial charge in [-0.25, -0.2) is 19.9 Å². The molecule has 0 bridgehead atoms. The Balaban J connectivity index is 1.17. The molecule has 1 unspecified atom stereocenters. The number of aryl methyl sites for hydroxylation is 1. The van der Waals surface area contributed by atoms with E-state index in [0.717, 1.165) is 53.2 Å². The summed E-state index contributed by atoms with van der Waals surface area (Å²) in [5.74, 6) is 1.62. The Bertz CT molecular complexity index is 1590. The number of amides is 1. The van der Waals surface area contributed by atoms with E-state index in [9.17, 15) is 4.79 Å². The Morgan fingerprint density at radius 2 is 2.15 bits per heavy atom. The highest BCUT2D eigenvalue weighted by Gasteiger charge is 2.18. The highest BCUT2D eigenvalue weighted by molar-refractivity contribution is 7.10. The van der Waals surface area contributed by atoms with Crippen molar-refractivity contribution in [2.45, 2.75) is 39.8 Å². The third-order valence-electron chi connectivity index (χ3n) is 6.62. The predicted octanol–water partition coefficient (Wildman–Crippen LogP) is 3.76. The SMILES string of the molecule is Cc1cn2c(-c3cnn(CC(=O)Nc4ccncn4)c3)cnc2c(Nc2cc(CN3CCCC(C)C3)ns2)n1. The van der Waals surface area contributed by atoms with Crippen LogP contribution in [0.1, 0.15) is 31.2 Å². The average Bonchev–Trinajstić information content (AvgIpc) is 3.65. The van der Waals surface area contributed by atoms with E-state index in [2.05, 4.69) is 52.9 Å². The van der Waals surface area contributed by atoms with Crippen LogP contribution in [0.15, 0.2) is 49.4 Å². The van der Waals surface area contributed by atoms with Crippen LogP contribution in [-0.4, -0.2) is 62.4 Å². The van der Waals surface area contributed by atoms with Gasteiger partial charge in [-0.15, -0.1) is 0 Å². The summed E-state index contributed by atoms with van der Waals surface area (Å²) in [6.07, 6.45) is 12.8. The largest absolute Gasteiger partial charge is 0.328 e. The van der Waals surface area contributed by atoms with Crippen molar-refractivity contribution in [3.8, 4) is 11.3 Å². The molecule has 1 fully saturated rings. The average molecular weight is 544 g/mol. The van der Waals surface area contributed by atoms with Gasteiger partial charge in [-0.05, 0) is 55.9 Å². The van der Waals surface area contributed by atoms with E-state index < -0.39 is 0 Å². The van der Waals surface area contributed by atoms with Crippen LogP contribution in [0.4, 0.5) is 16.6 Å². The number of nitrogens with zero attached hydrogens (tertiary/aromatic N) is 9. The van der Waals surface area contributed by atoms with Gasteiger partial charge in [0.15, 0.2) is 11.5 Å². The fraction of sp³-hybridized carbons (Fsp3) is 0.346. The van der Waals surface area contributed by atoms with Crippen LogP contribution in [0.2, 0.25) is 0 Å². The first-order chi connectivity index (χ1) is 19.0. The van der Waals surface area contributed by atoms with E-state index in [-0.39, 0.29) is 12.5 Å². The van der Waals surface area contributed by atoms with Gasteiger partial charge in [0.05, 0.1) is 29.5 Å². The second-order valence-corrected chi connectivity index (χ2v) is 10.7. The fourth-order valence-corrected chi connectivity index (χ4v) is 5.56. The van der Waals surface area contributed by atoms with Gasteiger partial charge in [0.2, 0.25) is 5.91 Å². The third-order valence-corrected chi connectivity index (χ3v) is 7.37. The summed E-state index contributed by atoms with van der Waals surface area (Å²) in [5, 5.41) is 11.5. The molecule has 5 aromatic rings. The van der Waals surface area contributed by atoms with Crippen LogP contribution >= 0.6 is 11.5 Å². The lowest BCUT2D eigenvalue weighted by Gasteiger charge is -2.30. The summed E-state index contributed by atoms with van der Waals surface area (Å²) in [4.78, 5) is 32.1. The van der Waals surface area contributed by atoms with Crippen LogP contribution in [0.5, 0.6) is 0 Å². The number of fused-ring (bicyclic) bond motifs is 1. The normalized spacial score (nSPS) is 16.0. The summed E-state index contributed by atoms with van der Waals surface area (Å²) < 4.78 is 8.25. The molecule has 0 aromatic carbocycles. The van der Waals surface area contributed by atoms with Gasteiger partial charge in [-0.1, -0.05) is 6.92 Å². The minimum atomic E-state index is -0.230. The zero-order chi connectivity index (χ0) is 26.8. The maximum absolute atomic E-state index is 12.4. The van der Waals surface area contributed by atoms with E-state index in [4.69, 9.17) is 4.98 Å². The number of likely N-dealkylation sites (tertiary alicyclic amines) is 1. The topological polar surface area (TPSA) is 131 Å². The number of piperidine rings is 1. The number of hydrogen-bond donors (Lipinski definition) is 2. The number of anilines is 3. The van der Waals surface area contributed by atoms with Crippen LogP contribution < -0.4 is 10.6 Å². The quantitative estimate of drug-likeness (QED) is 0.300. The van der Waals surface area contributed by atoms with Gasteiger partial charge >= 0.3 is 0 Å². The molecule has 1 atom stereocenters. The number of imidazole rings is 1. The first kappa shape index (κ1) is 25.1. The van der Waals surface area contributed by atoms with E-state index in [0.29, 0.717) is 17.3 Å². The van der Waals surface area contributed by atoms with Crippen LogP contribution in [0, 0.1) is 12.8 Å². The highest BCUT2D eigenvalue weighted by Crippen LogP contribution is 2.28. The van der Waals surface area contributed by atoms with Crippen LogP contribution in [0.3, 0.4) is 0 Å². The van der Waals surface area contributed by atoms with Gasteiger partial charge in [-0.3, -0.25) is 18.8 Å². The number of hydrogen-bond acceptors (Lipinski definition) is 10. The van der Waals surface area contributed by atoms with E-state index in [1.807, 2.05) is 23.7 Å². The molecule has 0 spiro atoms. The van der Waals surface area contributed by atoms with Gasteiger partial charge in [0.25, 0.3) is 0 Å². The second-order valence-electron chi connectivity index (χ2n) is 9.93. The van der Waals surface area contributed by atoms with Gasteiger partial charge in [0, 0.05) is 37.2 Å². The first-order valence-electron chi connectivity index (χ1n) is 12.9. The fourth-order valence-electron chi connectivity index (χ4n) is 4.90. The van der Waals surface area contributed by atoms with Crippen molar-refractivity contribution in [2.75, 3.05) is 23.7 Å². The van der Waals surface area contributed by atoms with Crippen molar-refractivity contribution in [3.63, 3.8) is 0 Å². The second kappa shape index (κ2) is 10.9. The minimum absolute atomic E-state index is 0.0538. The van der Waals surface area contributed by atoms with Crippen molar-refractivity contribution in [1.29, 1.82) is 0 Å². The standard InChI is InChI=1S/C26H29N11OS/c1-17-4-3-7-35(11-17)14-20-8-24(39-34-20)33-25-26-28-10-21(37(26)12-18(2)31-25)19-9-30-36(13-19)15-23(38)32-22-5-6-27-16-29-22/h5-6,8-10,12-13,16-17H,3-4,7,11,14-15H2,1-2H3,(H,31,33)(H,27,29,32,38). The minimum Gasteiger partial charge on any atom is -0.328 e. The Hall–Kier alpha value is -4.23. The molecule has 6 rings (SSSR count). The third kappa shape index (κ3) is 5.78. The van der Waals surface area contributed by atoms with Crippen molar-refractivity contribution in [2.24, 2.45) is 5.92 Å². The summed E-state index contributed by atoms with van der Waals surface area (Å²) in [6, 6.07) is 3.74. The zero-order valence-corrected chi connectivity index (χ0v) is 22.6. The van der Waals surface area contributed by atoms with Gasteiger partial charge < -0.3 is 10.6 Å². The summed E-state index contributed by atoms with van der Waals surface area (Å²) in [6.45, 7) is 7.44. The molecule has 0 aliphatic carbocycles. The highest BCUT2D eigenvalue weighted by atomic mass is 32.1. The molecule has 1 saturated heterocycles.